The van der Waals surface area contributed by atoms with Crippen LogP contribution in [0.25, 0.3) is 11.4 Å². The van der Waals surface area contributed by atoms with Crippen LogP contribution in [0.3, 0.4) is 0 Å². The van der Waals surface area contributed by atoms with Gasteiger partial charge in [0.05, 0.1) is 12.5 Å². The summed E-state index contributed by atoms with van der Waals surface area (Å²) in [5.41, 5.74) is 0.896. The molecule has 110 valence electrons. The van der Waals surface area contributed by atoms with Gasteiger partial charge in [0, 0.05) is 24.4 Å². The molecule has 2 aliphatic rings. The van der Waals surface area contributed by atoms with Crippen LogP contribution in [0.4, 0.5) is 0 Å². The molecule has 21 heavy (non-hydrogen) atoms. The molecular weight excluding hydrogens is 268 g/mol. The fraction of sp³-hybridized carbons (Fsp3) is 0.533. The SMILES string of the molecule is COc1ccc(-c2noc([C@@]34CCC[C@@H]3CNC4)n2)cn1. The Bertz CT molecular complexity index is 627. The van der Waals surface area contributed by atoms with E-state index in [2.05, 4.69) is 20.4 Å². The van der Waals surface area contributed by atoms with Crippen molar-refractivity contribution in [1.82, 2.24) is 20.4 Å². The van der Waals surface area contributed by atoms with Crippen molar-refractivity contribution in [1.29, 1.82) is 0 Å². The van der Waals surface area contributed by atoms with Crippen LogP contribution in [0.15, 0.2) is 22.9 Å². The van der Waals surface area contributed by atoms with Gasteiger partial charge in [0.1, 0.15) is 0 Å². The third kappa shape index (κ3) is 1.93. The molecule has 0 bridgehead atoms. The molecule has 0 radical (unpaired) electrons. The average Bonchev–Trinajstić information content (AvgIpc) is 3.21. The summed E-state index contributed by atoms with van der Waals surface area (Å²) in [6.07, 6.45) is 5.33. The van der Waals surface area contributed by atoms with Crippen LogP contribution < -0.4 is 10.1 Å². The highest BCUT2D eigenvalue weighted by molar-refractivity contribution is 5.53. The summed E-state index contributed by atoms with van der Waals surface area (Å²) in [6.45, 7) is 2.00. The molecule has 1 N–H and O–H groups in total. The standard InChI is InChI=1S/C15H18N4O2/c1-20-12-5-4-10(7-17-12)13-18-14(21-19-13)15-6-2-3-11(15)8-16-9-15/h4-5,7,11,16H,2-3,6,8-9H2,1H3/t11-,15-/m1/s1. The molecule has 1 saturated carbocycles. The summed E-state index contributed by atoms with van der Waals surface area (Å²) in [5, 5.41) is 7.62. The minimum absolute atomic E-state index is 0.0468. The van der Waals surface area contributed by atoms with E-state index in [0.717, 1.165) is 31.0 Å². The van der Waals surface area contributed by atoms with Crippen molar-refractivity contribution in [2.75, 3.05) is 20.2 Å². The Hall–Kier alpha value is -1.95. The number of rotatable bonds is 3. The third-order valence-electron chi connectivity index (χ3n) is 4.84. The smallest absolute Gasteiger partial charge is 0.234 e. The molecule has 2 aromatic heterocycles. The highest BCUT2D eigenvalue weighted by atomic mass is 16.5. The normalized spacial score (nSPS) is 27.8. The van der Waals surface area contributed by atoms with Gasteiger partial charge >= 0.3 is 0 Å². The summed E-state index contributed by atoms with van der Waals surface area (Å²) in [7, 11) is 1.60. The maximum absolute atomic E-state index is 5.60. The maximum atomic E-state index is 5.60. The zero-order chi connectivity index (χ0) is 14.3. The number of pyridine rings is 1. The van der Waals surface area contributed by atoms with Crippen molar-refractivity contribution in [2.45, 2.75) is 24.7 Å². The number of nitrogens with one attached hydrogen (secondary N) is 1. The first-order valence-corrected chi connectivity index (χ1v) is 7.37. The van der Waals surface area contributed by atoms with Crippen LogP contribution in [0.2, 0.25) is 0 Å². The van der Waals surface area contributed by atoms with Gasteiger partial charge in [-0.15, -0.1) is 0 Å². The highest BCUT2D eigenvalue weighted by Gasteiger charge is 2.51. The Morgan fingerprint density at radius 1 is 1.43 bits per heavy atom. The van der Waals surface area contributed by atoms with Crippen molar-refractivity contribution < 1.29 is 9.26 Å². The molecule has 6 nitrogen and oxygen atoms in total. The molecule has 3 heterocycles. The lowest BCUT2D eigenvalue weighted by molar-refractivity contribution is 0.265. The second-order valence-electron chi connectivity index (χ2n) is 5.89. The van der Waals surface area contributed by atoms with Crippen molar-refractivity contribution in [3.63, 3.8) is 0 Å². The Kier molecular flexibility index (Phi) is 2.92. The summed E-state index contributed by atoms with van der Waals surface area (Å²) in [6, 6.07) is 3.70. The summed E-state index contributed by atoms with van der Waals surface area (Å²) < 4.78 is 10.7. The van der Waals surface area contributed by atoms with Gasteiger partial charge in [0.15, 0.2) is 0 Å². The molecule has 2 fully saturated rings. The zero-order valence-corrected chi connectivity index (χ0v) is 12.0. The van der Waals surface area contributed by atoms with E-state index >= 15 is 0 Å². The van der Waals surface area contributed by atoms with Gasteiger partial charge in [0.2, 0.25) is 17.6 Å². The van der Waals surface area contributed by atoms with Crippen LogP contribution in [-0.2, 0) is 5.41 Å². The number of hydrogen-bond acceptors (Lipinski definition) is 6. The van der Waals surface area contributed by atoms with E-state index in [0.29, 0.717) is 17.6 Å². The first kappa shape index (κ1) is 12.8. The average molecular weight is 286 g/mol. The van der Waals surface area contributed by atoms with Gasteiger partial charge in [-0.2, -0.15) is 4.98 Å². The molecule has 2 atom stereocenters. The molecule has 6 heteroatoms. The van der Waals surface area contributed by atoms with Crippen LogP contribution in [-0.4, -0.2) is 35.3 Å². The van der Waals surface area contributed by atoms with E-state index in [1.54, 1.807) is 19.4 Å². The predicted molar refractivity (Wildman–Crippen MR) is 76.0 cm³/mol. The molecule has 2 aromatic rings. The minimum atomic E-state index is 0.0468. The van der Waals surface area contributed by atoms with E-state index in [4.69, 9.17) is 9.26 Å². The van der Waals surface area contributed by atoms with Crippen LogP contribution in [0.5, 0.6) is 5.88 Å². The molecule has 1 aliphatic carbocycles. The zero-order valence-electron chi connectivity index (χ0n) is 12.0. The molecule has 0 spiro atoms. The largest absolute Gasteiger partial charge is 0.481 e. The fourth-order valence-electron chi connectivity index (χ4n) is 3.68. The van der Waals surface area contributed by atoms with E-state index in [1.165, 1.54) is 12.8 Å². The Morgan fingerprint density at radius 3 is 3.19 bits per heavy atom. The molecule has 0 amide bonds. The summed E-state index contributed by atoms with van der Waals surface area (Å²) >= 11 is 0. The van der Waals surface area contributed by atoms with Crippen LogP contribution >= 0.6 is 0 Å². The Morgan fingerprint density at radius 2 is 2.38 bits per heavy atom. The van der Waals surface area contributed by atoms with Crippen LogP contribution in [0.1, 0.15) is 25.2 Å². The number of fused-ring (bicyclic) bond motifs is 1. The molecule has 4 rings (SSSR count). The first-order chi connectivity index (χ1) is 10.3. The molecule has 1 saturated heterocycles. The van der Waals surface area contributed by atoms with Gasteiger partial charge in [-0.05, 0) is 31.4 Å². The lowest BCUT2D eigenvalue weighted by atomic mass is 9.80. The Balaban J connectivity index is 1.66. The van der Waals surface area contributed by atoms with Crippen LogP contribution in [0, 0.1) is 5.92 Å². The van der Waals surface area contributed by atoms with E-state index in [1.807, 2.05) is 6.07 Å². The summed E-state index contributed by atoms with van der Waals surface area (Å²) in [5.74, 6) is 2.59. The maximum Gasteiger partial charge on any atom is 0.234 e. The van der Waals surface area contributed by atoms with Gasteiger partial charge in [-0.25, -0.2) is 4.98 Å². The molecule has 0 unspecified atom stereocenters. The number of ether oxygens (including phenoxy) is 1. The van der Waals surface area contributed by atoms with Gasteiger partial charge in [-0.1, -0.05) is 11.6 Å². The molecular formula is C15H18N4O2. The number of nitrogens with zero attached hydrogens (tertiary/aromatic N) is 3. The third-order valence-corrected chi connectivity index (χ3v) is 4.84. The molecule has 1 aliphatic heterocycles. The van der Waals surface area contributed by atoms with Crippen molar-refractivity contribution in [3.8, 4) is 17.3 Å². The van der Waals surface area contributed by atoms with Gasteiger partial charge in [0.25, 0.3) is 0 Å². The lowest BCUT2D eigenvalue weighted by Crippen LogP contribution is -2.31. The summed E-state index contributed by atoms with van der Waals surface area (Å²) in [4.78, 5) is 8.84. The van der Waals surface area contributed by atoms with Gasteiger partial charge in [-0.3, -0.25) is 0 Å². The van der Waals surface area contributed by atoms with E-state index in [9.17, 15) is 0 Å². The minimum Gasteiger partial charge on any atom is -0.481 e. The van der Waals surface area contributed by atoms with Crippen molar-refractivity contribution in [2.24, 2.45) is 5.92 Å². The Labute approximate surface area is 122 Å². The topological polar surface area (TPSA) is 73.1 Å². The van der Waals surface area contributed by atoms with Crippen molar-refractivity contribution in [3.05, 3.63) is 24.2 Å². The number of methoxy groups -OCH3 is 1. The number of hydrogen-bond donors (Lipinski definition) is 1. The lowest BCUT2D eigenvalue weighted by Gasteiger charge is -2.22. The fourth-order valence-corrected chi connectivity index (χ4v) is 3.68. The quantitative estimate of drug-likeness (QED) is 0.927. The second kappa shape index (κ2) is 4.80. The molecule has 0 aromatic carbocycles. The van der Waals surface area contributed by atoms with E-state index in [-0.39, 0.29) is 5.41 Å². The highest BCUT2D eigenvalue weighted by Crippen LogP contribution is 2.47. The monoisotopic (exact) mass is 286 g/mol. The van der Waals surface area contributed by atoms with Crippen molar-refractivity contribution >= 4 is 0 Å². The first-order valence-electron chi connectivity index (χ1n) is 7.37. The number of aromatic nitrogens is 3. The van der Waals surface area contributed by atoms with Gasteiger partial charge < -0.3 is 14.6 Å². The second-order valence-corrected chi connectivity index (χ2v) is 5.89. The van der Waals surface area contributed by atoms with E-state index < -0.39 is 0 Å². The predicted octanol–water partition coefficient (Wildman–Crippen LogP) is 1.78.